The van der Waals surface area contributed by atoms with Gasteiger partial charge in [-0.3, -0.25) is 4.72 Å². The molecular weight excluding hydrogens is 465 g/mol. The highest BCUT2D eigenvalue weighted by Crippen LogP contribution is 2.37. The Morgan fingerprint density at radius 3 is 2.30 bits per heavy atom. The molecule has 10 heteroatoms. The highest BCUT2D eigenvalue weighted by atomic mass is 32.2. The van der Waals surface area contributed by atoms with Crippen molar-refractivity contribution in [1.82, 2.24) is 4.41 Å². The van der Waals surface area contributed by atoms with Gasteiger partial charge < -0.3 is 0 Å². The minimum absolute atomic E-state index is 0.0525. The molecule has 33 heavy (non-hydrogen) atoms. The molecule has 0 saturated heterocycles. The van der Waals surface area contributed by atoms with Crippen molar-refractivity contribution in [3.05, 3.63) is 95.8 Å². The molecule has 0 bridgehead atoms. The van der Waals surface area contributed by atoms with Crippen molar-refractivity contribution in [3.63, 3.8) is 0 Å². The molecule has 1 aliphatic heterocycles. The average Bonchev–Trinajstić information content (AvgIpc) is 3.26. The first-order valence-corrected chi connectivity index (χ1v) is 13.3. The largest absolute Gasteiger partial charge is 0.284 e. The number of sulfonamides is 2. The number of benzene rings is 3. The fraction of sp³-hybridized carbons (Fsp3) is 0.174. The number of hydrazone groups is 1. The molecular formula is C23H22FN3O4S2. The highest BCUT2D eigenvalue weighted by Gasteiger charge is 2.37. The van der Waals surface area contributed by atoms with E-state index in [9.17, 15) is 21.2 Å². The molecule has 3 aromatic rings. The predicted octanol–water partition coefficient (Wildman–Crippen LogP) is 4.13. The third-order valence-corrected chi connectivity index (χ3v) is 8.27. The average molecular weight is 488 g/mol. The van der Waals surface area contributed by atoms with Crippen LogP contribution in [0.25, 0.3) is 0 Å². The van der Waals surface area contributed by atoms with Crippen molar-refractivity contribution < 1.29 is 21.2 Å². The van der Waals surface area contributed by atoms with Gasteiger partial charge in [0.2, 0.25) is 10.0 Å². The first-order valence-electron chi connectivity index (χ1n) is 10.2. The van der Waals surface area contributed by atoms with E-state index in [2.05, 4.69) is 9.82 Å². The summed E-state index contributed by atoms with van der Waals surface area (Å²) in [6.45, 7) is 1.54. The smallest absolute Gasteiger partial charge is 0.279 e. The lowest BCUT2D eigenvalue weighted by Gasteiger charge is -2.23. The van der Waals surface area contributed by atoms with Crippen molar-refractivity contribution in [2.75, 3.05) is 10.5 Å². The first-order chi connectivity index (χ1) is 15.7. The SMILES string of the molecule is CCS(=O)(=O)Nc1ccc(C2=NN(S(=O)(=O)c3ccccc3)C(c3cccc(F)c3)C2)cc1. The second kappa shape index (κ2) is 8.95. The van der Waals surface area contributed by atoms with Crippen LogP contribution in [0.5, 0.6) is 0 Å². The molecule has 7 nitrogen and oxygen atoms in total. The van der Waals surface area contributed by atoms with Crippen molar-refractivity contribution in [2.45, 2.75) is 24.3 Å². The molecule has 0 aromatic heterocycles. The molecule has 1 aliphatic rings. The number of rotatable bonds is 7. The number of halogens is 1. The van der Waals surface area contributed by atoms with Gasteiger partial charge >= 0.3 is 0 Å². The predicted molar refractivity (Wildman–Crippen MR) is 125 cm³/mol. The Morgan fingerprint density at radius 2 is 1.67 bits per heavy atom. The Hall–Kier alpha value is -3.24. The van der Waals surface area contributed by atoms with E-state index < -0.39 is 31.9 Å². The third kappa shape index (κ3) is 4.91. The Kier molecular flexibility index (Phi) is 6.22. The van der Waals surface area contributed by atoms with E-state index in [4.69, 9.17) is 0 Å². The van der Waals surface area contributed by atoms with Crippen molar-refractivity contribution in [3.8, 4) is 0 Å². The lowest BCUT2D eigenvalue weighted by molar-refractivity contribution is 0.370. The van der Waals surface area contributed by atoms with E-state index in [0.29, 0.717) is 22.5 Å². The Balaban J connectivity index is 1.72. The molecule has 0 radical (unpaired) electrons. The van der Waals surface area contributed by atoms with Crippen LogP contribution in [0.4, 0.5) is 10.1 Å². The Labute approximate surface area is 192 Å². The summed E-state index contributed by atoms with van der Waals surface area (Å²) in [5, 5.41) is 4.42. The first kappa shape index (κ1) is 22.9. The van der Waals surface area contributed by atoms with Crippen LogP contribution < -0.4 is 4.72 Å². The van der Waals surface area contributed by atoms with Gasteiger partial charge in [-0.25, -0.2) is 12.8 Å². The standard InChI is InChI=1S/C23H22FN3O4S2/c1-2-32(28,29)26-20-13-11-17(12-14-20)22-16-23(18-7-6-8-19(24)15-18)27(25-22)33(30,31)21-9-4-3-5-10-21/h3-15,23,26H,2,16H2,1H3. The fourth-order valence-electron chi connectivity index (χ4n) is 3.53. The van der Waals surface area contributed by atoms with Crippen LogP contribution in [0.1, 0.15) is 30.5 Å². The molecule has 1 heterocycles. The van der Waals surface area contributed by atoms with Crippen LogP contribution >= 0.6 is 0 Å². The molecule has 4 rings (SSSR count). The zero-order chi connectivity index (χ0) is 23.6. The number of hydrogen-bond acceptors (Lipinski definition) is 5. The molecule has 172 valence electrons. The summed E-state index contributed by atoms with van der Waals surface area (Å²) in [6, 6.07) is 19.6. The van der Waals surface area contributed by atoms with E-state index in [-0.39, 0.29) is 17.1 Å². The molecule has 0 fully saturated rings. The highest BCUT2D eigenvalue weighted by molar-refractivity contribution is 7.92. The lowest BCUT2D eigenvalue weighted by Crippen LogP contribution is -2.27. The van der Waals surface area contributed by atoms with Crippen molar-refractivity contribution >= 4 is 31.4 Å². The summed E-state index contributed by atoms with van der Waals surface area (Å²) in [4.78, 5) is 0.0840. The molecule has 1 unspecified atom stereocenters. The number of anilines is 1. The molecule has 1 atom stereocenters. The zero-order valence-electron chi connectivity index (χ0n) is 17.7. The van der Waals surface area contributed by atoms with E-state index >= 15 is 0 Å². The monoisotopic (exact) mass is 487 g/mol. The third-order valence-electron chi connectivity index (χ3n) is 5.26. The summed E-state index contributed by atoms with van der Waals surface area (Å²) in [6.07, 6.45) is 0.232. The van der Waals surface area contributed by atoms with Crippen LogP contribution in [-0.2, 0) is 20.0 Å². The topological polar surface area (TPSA) is 95.9 Å². The van der Waals surface area contributed by atoms with E-state index in [0.717, 1.165) is 4.41 Å². The molecule has 0 saturated carbocycles. The van der Waals surface area contributed by atoms with Crippen LogP contribution in [0.15, 0.2) is 88.9 Å². The lowest BCUT2D eigenvalue weighted by atomic mass is 9.99. The van der Waals surface area contributed by atoms with Crippen LogP contribution in [-0.4, -0.2) is 32.7 Å². The molecule has 0 spiro atoms. The van der Waals surface area contributed by atoms with E-state index in [1.54, 1.807) is 48.5 Å². The van der Waals surface area contributed by atoms with Gasteiger partial charge in [-0.15, -0.1) is 0 Å². The maximum absolute atomic E-state index is 13.9. The Bertz CT molecular complexity index is 1390. The maximum atomic E-state index is 13.9. The van der Waals surface area contributed by atoms with Crippen LogP contribution in [0, 0.1) is 5.82 Å². The quantitative estimate of drug-likeness (QED) is 0.542. The molecule has 1 N–H and O–H groups in total. The maximum Gasteiger partial charge on any atom is 0.279 e. The molecule has 0 aliphatic carbocycles. The summed E-state index contributed by atoms with van der Waals surface area (Å²) >= 11 is 0. The van der Waals surface area contributed by atoms with Gasteiger partial charge in [0.1, 0.15) is 5.82 Å². The minimum atomic E-state index is -3.99. The van der Waals surface area contributed by atoms with Gasteiger partial charge in [-0.05, 0) is 54.4 Å². The van der Waals surface area contributed by atoms with E-state index in [1.807, 2.05) is 0 Å². The Morgan fingerprint density at radius 1 is 0.970 bits per heavy atom. The summed E-state index contributed by atoms with van der Waals surface area (Å²) in [5.41, 5.74) is 2.02. The fourth-order valence-corrected chi connectivity index (χ4v) is 5.62. The second-order valence-corrected chi connectivity index (χ2v) is 11.3. The summed E-state index contributed by atoms with van der Waals surface area (Å²) in [5.74, 6) is -0.520. The van der Waals surface area contributed by atoms with Gasteiger partial charge in [-0.2, -0.15) is 17.9 Å². The van der Waals surface area contributed by atoms with Gasteiger partial charge in [0, 0.05) is 12.1 Å². The number of nitrogens with one attached hydrogen (secondary N) is 1. The van der Waals surface area contributed by atoms with Crippen LogP contribution in [0.3, 0.4) is 0 Å². The number of hydrogen-bond donors (Lipinski definition) is 1. The van der Waals surface area contributed by atoms with Gasteiger partial charge in [0.15, 0.2) is 0 Å². The van der Waals surface area contributed by atoms with E-state index in [1.165, 1.54) is 37.3 Å². The molecule has 3 aromatic carbocycles. The second-order valence-electron chi connectivity index (χ2n) is 7.50. The summed E-state index contributed by atoms with van der Waals surface area (Å²) in [7, 11) is -7.41. The van der Waals surface area contributed by atoms with Crippen LogP contribution in [0.2, 0.25) is 0 Å². The van der Waals surface area contributed by atoms with Gasteiger partial charge in [0.25, 0.3) is 10.0 Å². The summed E-state index contributed by atoms with van der Waals surface area (Å²) < 4.78 is 67.7. The zero-order valence-corrected chi connectivity index (χ0v) is 19.4. The van der Waals surface area contributed by atoms with Crippen molar-refractivity contribution in [1.29, 1.82) is 0 Å². The van der Waals surface area contributed by atoms with Gasteiger partial charge in [-0.1, -0.05) is 42.5 Å². The normalized spacial score (nSPS) is 16.5. The van der Waals surface area contributed by atoms with Gasteiger partial charge in [0.05, 0.1) is 22.4 Å². The van der Waals surface area contributed by atoms with Crippen molar-refractivity contribution in [2.24, 2.45) is 5.10 Å². The number of nitrogens with zero attached hydrogens (tertiary/aromatic N) is 2. The minimum Gasteiger partial charge on any atom is -0.284 e. The molecule has 0 amide bonds.